The zero-order chi connectivity index (χ0) is 26.6. The van der Waals surface area contributed by atoms with Gasteiger partial charge in [-0.1, -0.05) is 42.4 Å². The highest BCUT2D eigenvalue weighted by Gasteiger charge is 2.38. The van der Waals surface area contributed by atoms with Gasteiger partial charge in [-0.2, -0.15) is 0 Å². The number of carbonyl (C=O) groups excluding carboxylic acids is 1. The fourth-order valence-corrected chi connectivity index (χ4v) is 6.72. The van der Waals surface area contributed by atoms with Crippen molar-refractivity contribution < 1.29 is 4.79 Å². The summed E-state index contributed by atoms with van der Waals surface area (Å²) in [5, 5.41) is 0.549. The van der Waals surface area contributed by atoms with Gasteiger partial charge in [0.2, 0.25) is 0 Å². The predicted octanol–water partition coefficient (Wildman–Crippen LogP) is 5.96. The Balaban J connectivity index is 1.16. The van der Waals surface area contributed by atoms with Crippen LogP contribution < -0.4 is 4.90 Å². The molecule has 1 amide bonds. The van der Waals surface area contributed by atoms with Gasteiger partial charge in [0.05, 0.1) is 16.6 Å². The first kappa shape index (κ1) is 24.9. The van der Waals surface area contributed by atoms with Crippen molar-refractivity contribution in [1.29, 1.82) is 0 Å². The number of nitrogens with zero attached hydrogens (tertiary/aromatic N) is 5. The molecule has 1 aliphatic carbocycles. The Morgan fingerprint density at radius 2 is 1.84 bits per heavy atom. The van der Waals surface area contributed by atoms with Crippen molar-refractivity contribution in [2.24, 2.45) is 0 Å². The molecule has 1 aromatic heterocycles. The normalized spacial score (nSPS) is 19.1. The highest BCUT2D eigenvalue weighted by atomic mass is 35.5. The molecule has 1 saturated heterocycles. The van der Waals surface area contributed by atoms with Crippen LogP contribution in [0.2, 0.25) is 5.02 Å². The summed E-state index contributed by atoms with van der Waals surface area (Å²) in [6, 6.07) is 15.0. The van der Waals surface area contributed by atoms with Gasteiger partial charge in [-0.15, -0.1) is 0 Å². The summed E-state index contributed by atoms with van der Waals surface area (Å²) < 4.78 is 0. The van der Waals surface area contributed by atoms with E-state index in [0.29, 0.717) is 23.2 Å². The lowest BCUT2D eigenvalue weighted by atomic mass is 9.99. The van der Waals surface area contributed by atoms with E-state index in [1.807, 2.05) is 36.9 Å². The molecule has 3 heterocycles. The molecule has 1 atom stereocenters. The van der Waals surface area contributed by atoms with E-state index in [-0.39, 0.29) is 11.9 Å². The van der Waals surface area contributed by atoms with E-state index in [2.05, 4.69) is 57.7 Å². The molecule has 3 aromatic rings. The molecule has 1 fully saturated rings. The minimum absolute atomic E-state index is 0.0469. The largest absolute Gasteiger partial charge is 0.371 e. The average Bonchev–Trinajstić information content (AvgIpc) is 3.48. The van der Waals surface area contributed by atoms with Crippen LogP contribution in [0, 0.1) is 13.8 Å². The number of aromatic nitrogens is 2. The summed E-state index contributed by atoms with van der Waals surface area (Å²) in [6.45, 7) is 11.0. The molecule has 0 spiro atoms. The third-order valence-electron chi connectivity index (χ3n) is 8.53. The van der Waals surface area contributed by atoms with E-state index < -0.39 is 0 Å². The van der Waals surface area contributed by atoms with Crippen molar-refractivity contribution in [2.75, 3.05) is 25.0 Å². The van der Waals surface area contributed by atoms with Crippen LogP contribution in [0.3, 0.4) is 0 Å². The molecule has 1 unspecified atom stereocenters. The highest BCUT2D eigenvalue weighted by molar-refractivity contribution is 6.34. The Hall–Kier alpha value is -3.38. The number of amides is 1. The first-order valence-corrected chi connectivity index (χ1v) is 13.9. The van der Waals surface area contributed by atoms with Crippen LogP contribution in [0.1, 0.15) is 69.4 Å². The Morgan fingerprint density at radius 1 is 1.05 bits per heavy atom. The molecule has 6 rings (SSSR count). The molecule has 38 heavy (non-hydrogen) atoms. The van der Waals surface area contributed by atoms with Crippen LogP contribution >= 0.6 is 11.6 Å². The van der Waals surface area contributed by atoms with Crippen LogP contribution in [0.15, 0.2) is 49.0 Å². The van der Waals surface area contributed by atoms with Gasteiger partial charge in [0.1, 0.15) is 11.6 Å². The second kappa shape index (κ2) is 9.73. The summed E-state index contributed by atoms with van der Waals surface area (Å²) >= 11 is 6.40. The van der Waals surface area contributed by atoms with Gasteiger partial charge in [0, 0.05) is 50.2 Å². The summed E-state index contributed by atoms with van der Waals surface area (Å²) in [5.74, 6) is 1.90. The van der Waals surface area contributed by atoms with Crippen molar-refractivity contribution in [2.45, 2.75) is 58.2 Å². The number of fused-ring (bicyclic) bond motifs is 2. The maximum atomic E-state index is 13.3. The Morgan fingerprint density at radius 3 is 2.58 bits per heavy atom. The summed E-state index contributed by atoms with van der Waals surface area (Å²) in [6.07, 6.45) is 4.02. The van der Waals surface area contributed by atoms with E-state index in [1.165, 1.54) is 11.1 Å². The van der Waals surface area contributed by atoms with Crippen molar-refractivity contribution in [3.63, 3.8) is 0 Å². The van der Waals surface area contributed by atoms with E-state index in [9.17, 15) is 4.79 Å². The van der Waals surface area contributed by atoms with Crippen LogP contribution in [0.5, 0.6) is 0 Å². The molecule has 0 N–H and O–H groups in total. The first-order chi connectivity index (χ1) is 18.3. The standard InChI is InChI=1S/C31H34ClN5O/c1-19-16-29(34-21(3)33-19)36-14-12-25(13-15-36)35(4)20(2)23-9-8-22-10-11-28(26(22)17-23)37-18-24-6-5-7-27(32)30(24)31(37)38/h5-9,16-17,25,28H,2,10-15,18H2,1,3-4H3. The predicted molar refractivity (Wildman–Crippen MR) is 152 cm³/mol. The third-order valence-corrected chi connectivity index (χ3v) is 8.85. The lowest BCUT2D eigenvalue weighted by molar-refractivity contribution is 0.0701. The number of rotatable bonds is 5. The topological polar surface area (TPSA) is 52.6 Å². The molecule has 196 valence electrons. The SMILES string of the molecule is C=C(c1ccc2c(c1)C(N1Cc3cccc(Cl)c3C1=O)CC2)N(C)C1CCN(c2cc(C)nc(C)n2)CC1. The van der Waals surface area contributed by atoms with Crippen LogP contribution in [0.25, 0.3) is 5.70 Å². The van der Waals surface area contributed by atoms with Gasteiger partial charge in [0.15, 0.2) is 0 Å². The first-order valence-electron chi connectivity index (χ1n) is 13.5. The van der Waals surface area contributed by atoms with Gasteiger partial charge >= 0.3 is 0 Å². The Labute approximate surface area is 229 Å². The van der Waals surface area contributed by atoms with E-state index in [0.717, 1.165) is 72.9 Å². The smallest absolute Gasteiger partial charge is 0.256 e. The molecule has 0 saturated carbocycles. The minimum Gasteiger partial charge on any atom is -0.371 e. The maximum Gasteiger partial charge on any atom is 0.256 e. The highest BCUT2D eigenvalue weighted by Crippen LogP contribution is 2.42. The van der Waals surface area contributed by atoms with Gasteiger partial charge < -0.3 is 14.7 Å². The lowest BCUT2D eigenvalue weighted by Gasteiger charge is -2.39. The minimum atomic E-state index is 0.0469. The van der Waals surface area contributed by atoms with Gasteiger partial charge in [0.25, 0.3) is 5.91 Å². The molecule has 0 radical (unpaired) electrons. The number of benzene rings is 2. The summed E-state index contributed by atoms with van der Waals surface area (Å²) in [5.41, 5.74) is 7.44. The van der Waals surface area contributed by atoms with Crippen molar-refractivity contribution in [3.05, 3.63) is 93.4 Å². The number of aryl methyl sites for hydroxylation is 3. The zero-order valence-corrected chi connectivity index (χ0v) is 23.1. The number of halogens is 1. The van der Waals surface area contributed by atoms with Crippen molar-refractivity contribution >= 4 is 29.0 Å². The number of piperidine rings is 1. The molecule has 2 aliphatic heterocycles. The summed E-state index contributed by atoms with van der Waals surface area (Å²) in [7, 11) is 2.16. The third kappa shape index (κ3) is 4.35. The Kier molecular flexibility index (Phi) is 6.39. The van der Waals surface area contributed by atoms with Crippen LogP contribution in [-0.2, 0) is 13.0 Å². The second-order valence-corrected chi connectivity index (χ2v) is 11.3. The monoisotopic (exact) mass is 527 g/mol. The van der Waals surface area contributed by atoms with Gasteiger partial charge in [-0.25, -0.2) is 9.97 Å². The average molecular weight is 528 g/mol. The molecular weight excluding hydrogens is 494 g/mol. The number of anilines is 1. The number of hydrogen-bond donors (Lipinski definition) is 0. The maximum absolute atomic E-state index is 13.3. The van der Waals surface area contributed by atoms with Crippen LogP contribution in [-0.4, -0.2) is 51.9 Å². The zero-order valence-electron chi connectivity index (χ0n) is 22.4. The number of carbonyl (C=O) groups is 1. The number of hydrogen-bond acceptors (Lipinski definition) is 5. The fourth-order valence-electron chi connectivity index (χ4n) is 6.44. The van der Waals surface area contributed by atoms with E-state index in [1.54, 1.807) is 0 Å². The molecule has 7 heteroatoms. The van der Waals surface area contributed by atoms with Gasteiger partial charge in [-0.05, 0) is 73.9 Å². The molecule has 3 aliphatic rings. The van der Waals surface area contributed by atoms with E-state index in [4.69, 9.17) is 11.6 Å². The fraction of sp³-hybridized carbons (Fsp3) is 0.387. The van der Waals surface area contributed by atoms with E-state index >= 15 is 0 Å². The molecular formula is C31H34ClN5O. The summed E-state index contributed by atoms with van der Waals surface area (Å²) in [4.78, 5) is 29.1. The lowest BCUT2D eigenvalue weighted by Crippen LogP contribution is -2.43. The van der Waals surface area contributed by atoms with Crippen molar-refractivity contribution in [1.82, 2.24) is 19.8 Å². The molecule has 2 aromatic carbocycles. The van der Waals surface area contributed by atoms with Crippen molar-refractivity contribution in [3.8, 4) is 0 Å². The second-order valence-electron chi connectivity index (χ2n) is 10.9. The molecule has 6 nitrogen and oxygen atoms in total. The Bertz CT molecular complexity index is 1410. The van der Waals surface area contributed by atoms with Gasteiger partial charge in [-0.3, -0.25) is 4.79 Å². The molecule has 0 bridgehead atoms. The quantitative estimate of drug-likeness (QED) is 0.409. The van der Waals surface area contributed by atoms with Crippen LogP contribution in [0.4, 0.5) is 5.82 Å².